The minimum Gasteiger partial charge on any atom is -0.338 e. The van der Waals surface area contributed by atoms with Crippen molar-refractivity contribution in [1.82, 2.24) is 4.90 Å². The van der Waals surface area contributed by atoms with Crippen molar-refractivity contribution in [2.45, 2.75) is 18.2 Å². The number of nitrogens with two attached hydrogens (primary N) is 1. The van der Waals surface area contributed by atoms with Gasteiger partial charge in [0.15, 0.2) is 0 Å². The summed E-state index contributed by atoms with van der Waals surface area (Å²) < 4.78 is 10.9. The Hall–Kier alpha value is -0.420. The first-order valence-electron chi connectivity index (χ1n) is 3.89. The maximum atomic E-state index is 11.0. The van der Waals surface area contributed by atoms with E-state index in [-0.39, 0.29) is 17.2 Å². The van der Waals surface area contributed by atoms with Crippen molar-refractivity contribution >= 4 is 16.7 Å². The summed E-state index contributed by atoms with van der Waals surface area (Å²) in [6.45, 7) is 3.04. The van der Waals surface area contributed by atoms with E-state index < -0.39 is 10.8 Å². The molecule has 0 aromatic rings. The monoisotopic (exact) mass is 190 g/mol. The molecule has 0 spiro atoms. The van der Waals surface area contributed by atoms with E-state index in [1.807, 2.05) is 6.92 Å². The molecule has 1 saturated heterocycles. The van der Waals surface area contributed by atoms with Gasteiger partial charge >= 0.3 is 0 Å². The number of likely N-dealkylation sites (tertiary alicyclic amines) is 1. The molecule has 3 unspecified atom stereocenters. The summed E-state index contributed by atoms with van der Waals surface area (Å²) in [5.74, 6) is -0.0210. The number of carbonyl (C=O) groups excluding carboxylic acids is 1. The predicted octanol–water partition coefficient (Wildman–Crippen LogP) is -1.08. The predicted molar refractivity (Wildman–Crippen MR) is 48.1 cm³/mol. The molecule has 1 amide bonds. The first-order valence-corrected chi connectivity index (χ1v) is 5.51. The van der Waals surface area contributed by atoms with Gasteiger partial charge in [0.05, 0.1) is 0 Å². The number of carbonyl (C=O) groups is 1. The van der Waals surface area contributed by atoms with Crippen LogP contribution in [-0.2, 0) is 15.6 Å². The number of rotatable bonds is 3. The Bertz CT molecular complexity index is 219. The van der Waals surface area contributed by atoms with Crippen LogP contribution in [0.5, 0.6) is 0 Å². The van der Waals surface area contributed by atoms with Crippen molar-refractivity contribution in [2.75, 3.05) is 19.3 Å². The lowest BCUT2D eigenvalue weighted by molar-refractivity contribution is -0.142. The van der Waals surface area contributed by atoms with Crippen LogP contribution in [0.4, 0.5) is 0 Å². The Balaban J connectivity index is 2.34. The Kier molecular flexibility index (Phi) is 2.85. The Morgan fingerprint density at radius 1 is 1.83 bits per heavy atom. The number of hydrogen-bond donors (Lipinski definition) is 1. The summed E-state index contributed by atoms with van der Waals surface area (Å²) in [5.41, 5.74) is 5.40. The van der Waals surface area contributed by atoms with Crippen molar-refractivity contribution < 1.29 is 9.00 Å². The molecule has 70 valence electrons. The van der Waals surface area contributed by atoms with Gasteiger partial charge in [0.1, 0.15) is 6.04 Å². The van der Waals surface area contributed by atoms with Crippen LogP contribution >= 0.6 is 0 Å². The van der Waals surface area contributed by atoms with Gasteiger partial charge in [0.25, 0.3) is 0 Å². The number of nitrogens with zero attached hydrogens (tertiary/aromatic N) is 1. The minimum absolute atomic E-state index is 0.0210. The smallest absolute Gasteiger partial charge is 0.241 e. The van der Waals surface area contributed by atoms with Crippen molar-refractivity contribution in [3.8, 4) is 0 Å². The highest BCUT2D eigenvalue weighted by Gasteiger charge is 2.34. The maximum absolute atomic E-state index is 11.0. The molecule has 3 atom stereocenters. The Morgan fingerprint density at radius 3 is 2.75 bits per heavy atom. The van der Waals surface area contributed by atoms with Gasteiger partial charge < -0.3 is 10.6 Å². The standard InChI is InChI=1S/C7H14N2O2S/c1-5(12(2)11)3-9-4-6(8)7(9)10/h5-6H,3-4,8H2,1-2H3. The molecule has 1 aliphatic heterocycles. The molecule has 0 aromatic heterocycles. The average Bonchev–Trinajstić information content (AvgIpc) is 2.03. The second-order valence-electron chi connectivity index (χ2n) is 3.16. The van der Waals surface area contributed by atoms with Gasteiger partial charge in [-0.15, -0.1) is 0 Å². The molecule has 0 aromatic carbocycles. The van der Waals surface area contributed by atoms with Crippen molar-refractivity contribution in [3.63, 3.8) is 0 Å². The second kappa shape index (κ2) is 3.53. The molecule has 1 rings (SSSR count). The number of amides is 1. The third kappa shape index (κ3) is 1.84. The lowest BCUT2D eigenvalue weighted by Gasteiger charge is -2.37. The third-order valence-corrected chi connectivity index (χ3v) is 3.37. The molecular weight excluding hydrogens is 176 g/mol. The Morgan fingerprint density at radius 2 is 2.42 bits per heavy atom. The Labute approximate surface area is 74.6 Å². The zero-order chi connectivity index (χ0) is 9.30. The van der Waals surface area contributed by atoms with Gasteiger partial charge in [-0.25, -0.2) is 0 Å². The fourth-order valence-corrected chi connectivity index (χ4v) is 1.50. The van der Waals surface area contributed by atoms with Gasteiger partial charge in [-0.1, -0.05) is 0 Å². The molecule has 1 aliphatic rings. The molecule has 0 aliphatic carbocycles. The molecule has 12 heavy (non-hydrogen) atoms. The van der Waals surface area contributed by atoms with Crippen LogP contribution in [0, 0.1) is 0 Å². The van der Waals surface area contributed by atoms with Gasteiger partial charge in [-0.3, -0.25) is 9.00 Å². The molecule has 0 radical (unpaired) electrons. The first kappa shape index (κ1) is 9.67. The summed E-state index contributed by atoms with van der Waals surface area (Å²) in [4.78, 5) is 12.7. The van der Waals surface area contributed by atoms with E-state index >= 15 is 0 Å². The van der Waals surface area contributed by atoms with E-state index in [1.165, 1.54) is 0 Å². The van der Waals surface area contributed by atoms with E-state index in [1.54, 1.807) is 11.2 Å². The molecular formula is C7H14N2O2S. The molecule has 5 heteroatoms. The fraction of sp³-hybridized carbons (Fsp3) is 0.857. The largest absolute Gasteiger partial charge is 0.338 e. The number of β-lactam (4-membered cyclic amide) rings is 1. The summed E-state index contributed by atoms with van der Waals surface area (Å²) in [6.07, 6.45) is 1.65. The second-order valence-corrected chi connectivity index (χ2v) is 4.96. The highest BCUT2D eigenvalue weighted by atomic mass is 32.2. The van der Waals surface area contributed by atoms with Crippen LogP contribution in [0.1, 0.15) is 6.92 Å². The van der Waals surface area contributed by atoms with E-state index in [2.05, 4.69) is 0 Å². The van der Waals surface area contributed by atoms with Crippen molar-refractivity contribution in [1.29, 1.82) is 0 Å². The van der Waals surface area contributed by atoms with Crippen LogP contribution in [-0.4, -0.2) is 45.7 Å². The van der Waals surface area contributed by atoms with Crippen LogP contribution < -0.4 is 5.73 Å². The quantitative estimate of drug-likeness (QED) is 0.576. The summed E-state index contributed by atoms with van der Waals surface area (Å²) in [6, 6.07) is -0.317. The first-order chi connectivity index (χ1) is 5.52. The molecule has 1 heterocycles. The van der Waals surface area contributed by atoms with Crippen LogP contribution in [0.2, 0.25) is 0 Å². The zero-order valence-electron chi connectivity index (χ0n) is 7.32. The maximum Gasteiger partial charge on any atom is 0.241 e. The van der Waals surface area contributed by atoms with E-state index in [9.17, 15) is 9.00 Å². The van der Waals surface area contributed by atoms with E-state index in [0.717, 1.165) is 0 Å². The summed E-state index contributed by atoms with van der Waals surface area (Å²) in [5, 5.41) is 0.0430. The summed E-state index contributed by atoms with van der Waals surface area (Å²) in [7, 11) is -0.859. The lowest BCUT2D eigenvalue weighted by atomic mass is 10.1. The number of hydrogen-bond acceptors (Lipinski definition) is 3. The third-order valence-electron chi connectivity index (χ3n) is 2.09. The van der Waals surface area contributed by atoms with Crippen molar-refractivity contribution in [3.05, 3.63) is 0 Å². The molecule has 0 bridgehead atoms. The van der Waals surface area contributed by atoms with Gasteiger partial charge in [0, 0.05) is 35.4 Å². The van der Waals surface area contributed by atoms with E-state index in [4.69, 9.17) is 5.73 Å². The highest BCUT2D eigenvalue weighted by Crippen LogP contribution is 2.09. The molecule has 1 fully saturated rings. The van der Waals surface area contributed by atoms with Crippen LogP contribution in [0.15, 0.2) is 0 Å². The molecule has 2 N–H and O–H groups in total. The lowest BCUT2D eigenvalue weighted by Crippen LogP contribution is -2.62. The van der Waals surface area contributed by atoms with Crippen LogP contribution in [0.25, 0.3) is 0 Å². The molecule has 4 nitrogen and oxygen atoms in total. The topological polar surface area (TPSA) is 63.4 Å². The zero-order valence-corrected chi connectivity index (χ0v) is 8.13. The van der Waals surface area contributed by atoms with Gasteiger partial charge in [0.2, 0.25) is 5.91 Å². The SMILES string of the molecule is CC(CN1CC(N)C1=O)S(C)=O. The highest BCUT2D eigenvalue weighted by molar-refractivity contribution is 7.84. The normalized spacial score (nSPS) is 28.1. The molecule has 0 saturated carbocycles. The van der Waals surface area contributed by atoms with Crippen LogP contribution in [0.3, 0.4) is 0 Å². The van der Waals surface area contributed by atoms with E-state index in [0.29, 0.717) is 13.1 Å². The fourth-order valence-electron chi connectivity index (χ4n) is 1.11. The summed E-state index contributed by atoms with van der Waals surface area (Å²) >= 11 is 0. The van der Waals surface area contributed by atoms with Gasteiger partial charge in [-0.2, -0.15) is 0 Å². The van der Waals surface area contributed by atoms with Gasteiger partial charge in [-0.05, 0) is 6.92 Å². The minimum atomic E-state index is -0.859. The van der Waals surface area contributed by atoms with Crippen molar-refractivity contribution in [2.24, 2.45) is 5.73 Å². The average molecular weight is 190 g/mol.